The quantitative estimate of drug-likeness (QED) is 0.399. The molecular formula is C11H8BrF3O2. The number of aliphatic hydroxyl groups is 1. The maximum Gasteiger partial charge on any atom is 0.448 e. The summed E-state index contributed by atoms with van der Waals surface area (Å²) in [5, 5.41) is 9.14. The van der Waals surface area contributed by atoms with E-state index < -0.39 is 17.7 Å². The Morgan fingerprint density at radius 3 is 2.59 bits per heavy atom. The molecule has 0 bridgehead atoms. The summed E-state index contributed by atoms with van der Waals surface area (Å²) in [5.74, 6) is -2.78. The zero-order chi connectivity index (χ0) is 13.1. The van der Waals surface area contributed by atoms with Crippen molar-refractivity contribution in [2.45, 2.75) is 11.5 Å². The van der Waals surface area contributed by atoms with Gasteiger partial charge in [-0.25, -0.2) is 0 Å². The summed E-state index contributed by atoms with van der Waals surface area (Å²) < 4.78 is 36.0. The lowest BCUT2D eigenvalue weighted by atomic mass is 10.1. The van der Waals surface area contributed by atoms with Crippen molar-refractivity contribution in [1.29, 1.82) is 0 Å². The smallest absolute Gasteiger partial charge is 0.448 e. The second-order valence-corrected chi connectivity index (χ2v) is 3.79. The highest BCUT2D eigenvalue weighted by molar-refractivity contribution is 9.08. The minimum Gasteiger partial charge on any atom is -0.504 e. The summed E-state index contributed by atoms with van der Waals surface area (Å²) in [6.07, 6.45) is -4.73. The van der Waals surface area contributed by atoms with E-state index in [0.29, 0.717) is 5.33 Å². The summed E-state index contributed by atoms with van der Waals surface area (Å²) in [6.45, 7) is 0. The molecule has 0 atom stereocenters. The van der Waals surface area contributed by atoms with Gasteiger partial charge < -0.3 is 5.11 Å². The lowest BCUT2D eigenvalue weighted by Crippen LogP contribution is -2.13. The maximum atomic E-state index is 12.0. The van der Waals surface area contributed by atoms with Crippen molar-refractivity contribution in [3.05, 3.63) is 47.2 Å². The van der Waals surface area contributed by atoms with Gasteiger partial charge >= 0.3 is 6.18 Å². The van der Waals surface area contributed by atoms with Gasteiger partial charge in [-0.1, -0.05) is 34.1 Å². The average Bonchev–Trinajstić information content (AvgIpc) is 2.27. The Balaban J connectivity index is 2.98. The SMILES string of the molecule is O=C(/C=C(\O)C(F)(F)F)c1cccc(CBr)c1. The fourth-order valence-electron chi connectivity index (χ4n) is 1.10. The minimum absolute atomic E-state index is 0.0951. The van der Waals surface area contributed by atoms with Gasteiger partial charge in [0.2, 0.25) is 5.76 Å². The van der Waals surface area contributed by atoms with Crippen LogP contribution >= 0.6 is 15.9 Å². The molecule has 17 heavy (non-hydrogen) atoms. The fraction of sp³-hybridized carbons (Fsp3) is 0.182. The van der Waals surface area contributed by atoms with Crippen molar-refractivity contribution in [2.75, 3.05) is 0 Å². The number of halogens is 4. The van der Waals surface area contributed by atoms with E-state index in [4.69, 9.17) is 5.11 Å². The number of hydrogen-bond donors (Lipinski definition) is 1. The van der Waals surface area contributed by atoms with E-state index in [0.717, 1.165) is 5.56 Å². The van der Waals surface area contributed by atoms with Crippen LogP contribution in [0.1, 0.15) is 15.9 Å². The topological polar surface area (TPSA) is 37.3 Å². The largest absolute Gasteiger partial charge is 0.504 e. The van der Waals surface area contributed by atoms with Gasteiger partial charge in [0.15, 0.2) is 5.78 Å². The molecule has 0 amide bonds. The Kier molecular flexibility index (Phi) is 4.34. The number of alkyl halides is 4. The molecule has 0 spiro atoms. The van der Waals surface area contributed by atoms with Crippen LogP contribution in [-0.2, 0) is 5.33 Å². The van der Waals surface area contributed by atoms with Crippen molar-refractivity contribution in [3.63, 3.8) is 0 Å². The van der Waals surface area contributed by atoms with Gasteiger partial charge in [0, 0.05) is 17.0 Å². The average molecular weight is 309 g/mol. The fourth-order valence-corrected chi connectivity index (χ4v) is 1.45. The molecule has 0 aliphatic heterocycles. The van der Waals surface area contributed by atoms with Gasteiger partial charge in [-0.05, 0) is 11.6 Å². The molecule has 0 radical (unpaired) electrons. The van der Waals surface area contributed by atoms with Crippen LogP contribution in [0.2, 0.25) is 0 Å². The monoisotopic (exact) mass is 308 g/mol. The van der Waals surface area contributed by atoms with Gasteiger partial charge in [-0.2, -0.15) is 13.2 Å². The van der Waals surface area contributed by atoms with E-state index in [-0.39, 0.29) is 11.6 Å². The van der Waals surface area contributed by atoms with E-state index in [1.165, 1.54) is 12.1 Å². The summed E-state index contributed by atoms with van der Waals surface area (Å²) >= 11 is 3.17. The maximum absolute atomic E-state index is 12.0. The van der Waals surface area contributed by atoms with E-state index in [1.54, 1.807) is 12.1 Å². The van der Waals surface area contributed by atoms with Crippen LogP contribution < -0.4 is 0 Å². The molecule has 0 saturated heterocycles. The molecule has 0 aliphatic carbocycles. The number of rotatable bonds is 3. The summed E-state index contributed by atoms with van der Waals surface area (Å²) in [6, 6.07) is 6.12. The number of aliphatic hydroxyl groups excluding tert-OH is 1. The molecule has 1 rings (SSSR count). The molecule has 0 saturated carbocycles. The van der Waals surface area contributed by atoms with Crippen LogP contribution in [-0.4, -0.2) is 17.1 Å². The number of allylic oxidation sites excluding steroid dienone is 2. The number of ketones is 1. The molecular weight excluding hydrogens is 301 g/mol. The standard InChI is InChI=1S/C11H8BrF3O2/c12-6-7-2-1-3-8(4-7)9(16)5-10(17)11(13,14)15/h1-5,17H,6H2/b10-5-. The Bertz CT molecular complexity index is 452. The van der Waals surface area contributed by atoms with Gasteiger partial charge in [0.25, 0.3) is 0 Å². The first-order chi connectivity index (χ1) is 7.84. The van der Waals surface area contributed by atoms with Gasteiger partial charge in [-0.3, -0.25) is 4.79 Å². The van der Waals surface area contributed by atoms with Crippen LogP contribution in [0.15, 0.2) is 36.1 Å². The predicted octanol–water partition coefficient (Wildman–Crippen LogP) is 3.77. The number of benzene rings is 1. The zero-order valence-electron chi connectivity index (χ0n) is 8.46. The number of hydrogen-bond acceptors (Lipinski definition) is 2. The number of carbonyl (C=O) groups is 1. The lowest BCUT2D eigenvalue weighted by molar-refractivity contribution is -0.120. The first-order valence-electron chi connectivity index (χ1n) is 4.51. The van der Waals surface area contributed by atoms with E-state index in [1.807, 2.05) is 0 Å². The van der Waals surface area contributed by atoms with Gasteiger partial charge in [0.1, 0.15) is 0 Å². The van der Waals surface area contributed by atoms with Crippen molar-refractivity contribution in [2.24, 2.45) is 0 Å². The minimum atomic E-state index is -4.90. The molecule has 1 aromatic rings. The van der Waals surface area contributed by atoms with Gasteiger partial charge in [-0.15, -0.1) is 0 Å². The van der Waals surface area contributed by atoms with Crippen LogP contribution in [0.4, 0.5) is 13.2 Å². The summed E-state index contributed by atoms with van der Waals surface area (Å²) in [5.41, 5.74) is 0.855. The van der Waals surface area contributed by atoms with Crippen LogP contribution in [0.5, 0.6) is 0 Å². The van der Waals surface area contributed by atoms with Crippen molar-refractivity contribution >= 4 is 21.7 Å². The second kappa shape index (κ2) is 5.35. The van der Waals surface area contributed by atoms with Crippen LogP contribution in [0.25, 0.3) is 0 Å². The third kappa shape index (κ3) is 3.89. The highest BCUT2D eigenvalue weighted by Gasteiger charge is 2.34. The molecule has 0 fully saturated rings. The first-order valence-corrected chi connectivity index (χ1v) is 5.64. The van der Waals surface area contributed by atoms with E-state index in [9.17, 15) is 18.0 Å². The van der Waals surface area contributed by atoms with Crippen LogP contribution in [0, 0.1) is 0 Å². The Morgan fingerprint density at radius 2 is 2.06 bits per heavy atom. The summed E-state index contributed by atoms with van der Waals surface area (Å²) in [4.78, 5) is 11.4. The second-order valence-electron chi connectivity index (χ2n) is 3.23. The van der Waals surface area contributed by atoms with Crippen molar-refractivity contribution < 1.29 is 23.1 Å². The van der Waals surface area contributed by atoms with Crippen LogP contribution in [0.3, 0.4) is 0 Å². The molecule has 0 aromatic heterocycles. The van der Waals surface area contributed by atoms with Crippen molar-refractivity contribution in [3.8, 4) is 0 Å². The zero-order valence-corrected chi connectivity index (χ0v) is 10.0. The van der Waals surface area contributed by atoms with E-state index in [2.05, 4.69) is 15.9 Å². The molecule has 0 heterocycles. The van der Waals surface area contributed by atoms with Gasteiger partial charge in [0.05, 0.1) is 0 Å². The molecule has 1 aromatic carbocycles. The molecule has 0 unspecified atom stereocenters. The normalized spacial score (nSPS) is 12.6. The molecule has 92 valence electrons. The molecule has 1 N–H and O–H groups in total. The summed E-state index contributed by atoms with van der Waals surface area (Å²) in [7, 11) is 0. The number of carbonyl (C=O) groups excluding carboxylic acids is 1. The lowest BCUT2D eigenvalue weighted by Gasteiger charge is -2.04. The highest BCUT2D eigenvalue weighted by atomic mass is 79.9. The van der Waals surface area contributed by atoms with E-state index >= 15 is 0 Å². The Hall–Kier alpha value is -1.30. The third-order valence-corrected chi connectivity index (χ3v) is 2.57. The highest BCUT2D eigenvalue weighted by Crippen LogP contribution is 2.23. The first kappa shape index (κ1) is 13.8. The molecule has 6 heteroatoms. The third-order valence-electron chi connectivity index (χ3n) is 1.92. The van der Waals surface area contributed by atoms with Crippen molar-refractivity contribution in [1.82, 2.24) is 0 Å². The molecule has 2 nitrogen and oxygen atoms in total. The Labute approximate surface area is 104 Å². The molecule has 0 aliphatic rings. The Morgan fingerprint density at radius 1 is 1.41 bits per heavy atom. The predicted molar refractivity (Wildman–Crippen MR) is 60.2 cm³/mol.